The molecule has 37 heavy (non-hydrogen) atoms. The molecule has 0 unspecified atom stereocenters. The number of carbonyl (C=O) groups excluding carboxylic acids is 1. The van der Waals surface area contributed by atoms with E-state index in [4.69, 9.17) is 5.10 Å². The third-order valence-corrected chi connectivity index (χ3v) is 7.09. The molecule has 0 bridgehead atoms. The molecule has 1 N–H and O–H groups in total. The van der Waals surface area contributed by atoms with Crippen LogP contribution in [0.2, 0.25) is 0 Å². The summed E-state index contributed by atoms with van der Waals surface area (Å²) in [6.45, 7) is 6.52. The summed E-state index contributed by atoms with van der Waals surface area (Å²) in [4.78, 5) is 16.0. The van der Waals surface area contributed by atoms with Gasteiger partial charge in [0.25, 0.3) is 0 Å². The molecular weight excluding hydrogens is 458 g/mol. The number of nitrogens with zero attached hydrogens (tertiary/aromatic N) is 4. The summed E-state index contributed by atoms with van der Waals surface area (Å²) >= 11 is 0. The minimum absolute atomic E-state index is 0.145. The normalized spacial score (nSPS) is 14.6. The number of benzene rings is 3. The minimum atomic E-state index is -0.280. The van der Waals surface area contributed by atoms with E-state index in [-0.39, 0.29) is 12.1 Å². The van der Waals surface area contributed by atoms with Crippen molar-refractivity contribution in [2.24, 2.45) is 0 Å². The molecule has 0 aliphatic carbocycles. The van der Waals surface area contributed by atoms with Crippen LogP contribution in [0.4, 0.5) is 10.5 Å². The quantitative estimate of drug-likeness (QED) is 0.307. The van der Waals surface area contributed by atoms with Crippen LogP contribution in [0.5, 0.6) is 0 Å². The number of aromatic nitrogens is 3. The molecule has 1 aliphatic rings. The molecule has 5 aromatic rings. The lowest BCUT2D eigenvalue weighted by Gasteiger charge is -2.31. The van der Waals surface area contributed by atoms with E-state index in [0.29, 0.717) is 6.54 Å². The molecule has 3 aromatic carbocycles. The summed E-state index contributed by atoms with van der Waals surface area (Å²) in [7, 11) is 0. The zero-order valence-electron chi connectivity index (χ0n) is 21.2. The predicted octanol–water partition coefficient (Wildman–Crippen LogP) is 6.73. The van der Waals surface area contributed by atoms with Crippen LogP contribution < -0.4 is 5.32 Å². The summed E-state index contributed by atoms with van der Waals surface area (Å²) in [6.07, 6.45) is 2.07. The number of carbonyl (C=O) groups is 1. The lowest BCUT2D eigenvalue weighted by Crippen LogP contribution is -2.38. The second-order valence-electron chi connectivity index (χ2n) is 9.63. The Kier molecular flexibility index (Phi) is 5.64. The molecule has 0 fully saturated rings. The molecule has 0 saturated carbocycles. The summed E-state index contributed by atoms with van der Waals surface area (Å²) in [5, 5.41) is 8.12. The second kappa shape index (κ2) is 9.13. The largest absolute Gasteiger partial charge is 0.322 e. The van der Waals surface area contributed by atoms with Gasteiger partial charge in [-0.15, -0.1) is 0 Å². The lowest BCUT2D eigenvalue weighted by molar-refractivity contribution is 0.194. The Balaban J connectivity index is 1.53. The molecule has 2 amide bonds. The van der Waals surface area contributed by atoms with Crippen molar-refractivity contribution >= 4 is 11.7 Å². The first-order valence-corrected chi connectivity index (χ1v) is 12.5. The highest BCUT2D eigenvalue weighted by atomic mass is 16.2. The van der Waals surface area contributed by atoms with Gasteiger partial charge in [-0.2, -0.15) is 5.10 Å². The third-order valence-electron chi connectivity index (χ3n) is 7.09. The van der Waals surface area contributed by atoms with Gasteiger partial charge in [0, 0.05) is 17.4 Å². The van der Waals surface area contributed by atoms with Crippen LogP contribution in [-0.2, 0) is 6.54 Å². The summed E-state index contributed by atoms with van der Waals surface area (Å²) in [5.74, 6) is 0.964. The highest BCUT2D eigenvalue weighted by Crippen LogP contribution is 2.38. The van der Waals surface area contributed by atoms with Crippen molar-refractivity contribution in [2.45, 2.75) is 33.4 Å². The fraction of sp³-hybridized carbons (Fsp3) is 0.161. The molecule has 6 heteroatoms. The van der Waals surface area contributed by atoms with Gasteiger partial charge in [0.15, 0.2) is 0 Å². The van der Waals surface area contributed by atoms with Crippen molar-refractivity contribution in [3.8, 4) is 11.5 Å². The van der Waals surface area contributed by atoms with Crippen LogP contribution in [0, 0.1) is 20.8 Å². The van der Waals surface area contributed by atoms with Crippen LogP contribution >= 0.6 is 0 Å². The molecular formula is C31H29N5O. The summed E-state index contributed by atoms with van der Waals surface area (Å²) in [5.41, 5.74) is 8.00. The van der Waals surface area contributed by atoms with Crippen molar-refractivity contribution in [3.05, 3.63) is 131 Å². The topological polar surface area (TPSA) is 55.1 Å². The van der Waals surface area contributed by atoms with Crippen molar-refractivity contribution in [1.82, 2.24) is 19.2 Å². The number of rotatable bonds is 3. The standard InChI is InChI=1S/C31H29N5O/c1-21-16-17-27(22(2)19-21)32-31(37)35-20-26-23(3)33-36(25-13-8-5-9-14-25)30(26)34-18-10-15-28(34)29(35)24-11-6-4-7-12-24/h4-19,29H,20H2,1-3H3,(H,32,37)/t29-/m1/s1. The molecule has 0 spiro atoms. The monoisotopic (exact) mass is 487 g/mol. The van der Waals surface area contributed by atoms with Gasteiger partial charge in [0.1, 0.15) is 5.82 Å². The number of hydrogen-bond donors (Lipinski definition) is 1. The lowest BCUT2D eigenvalue weighted by atomic mass is 10.0. The Morgan fingerprint density at radius 1 is 0.892 bits per heavy atom. The van der Waals surface area contributed by atoms with E-state index in [1.165, 1.54) is 5.56 Å². The number of hydrogen-bond acceptors (Lipinski definition) is 2. The maximum atomic E-state index is 14.0. The fourth-order valence-electron chi connectivity index (χ4n) is 5.28. The highest BCUT2D eigenvalue weighted by molar-refractivity contribution is 5.91. The van der Waals surface area contributed by atoms with Crippen LogP contribution in [0.15, 0.2) is 97.2 Å². The number of fused-ring (bicyclic) bond motifs is 3. The van der Waals surface area contributed by atoms with Gasteiger partial charge in [0.2, 0.25) is 0 Å². The van der Waals surface area contributed by atoms with Crippen molar-refractivity contribution in [1.29, 1.82) is 0 Å². The Morgan fingerprint density at radius 2 is 1.62 bits per heavy atom. The van der Waals surface area contributed by atoms with Gasteiger partial charge >= 0.3 is 6.03 Å². The number of urea groups is 1. The molecule has 3 heterocycles. The first-order valence-electron chi connectivity index (χ1n) is 12.5. The Bertz CT molecular complexity index is 1580. The van der Waals surface area contributed by atoms with E-state index in [9.17, 15) is 4.79 Å². The van der Waals surface area contributed by atoms with Crippen LogP contribution in [0.1, 0.15) is 39.7 Å². The van der Waals surface area contributed by atoms with E-state index in [1.54, 1.807) is 0 Å². The molecule has 1 atom stereocenters. The van der Waals surface area contributed by atoms with Gasteiger partial charge < -0.3 is 14.8 Å². The van der Waals surface area contributed by atoms with Crippen molar-refractivity contribution < 1.29 is 4.79 Å². The maximum Gasteiger partial charge on any atom is 0.322 e. The Morgan fingerprint density at radius 3 is 2.35 bits per heavy atom. The smallest absolute Gasteiger partial charge is 0.308 e. The number of para-hydroxylation sites is 1. The van der Waals surface area contributed by atoms with E-state index < -0.39 is 0 Å². The molecule has 6 nitrogen and oxygen atoms in total. The van der Waals surface area contributed by atoms with E-state index in [2.05, 4.69) is 59.4 Å². The average molecular weight is 488 g/mol. The summed E-state index contributed by atoms with van der Waals surface area (Å²) < 4.78 is 4.17. The molecule has 0 saturated heterocycles. The van der Waals surface area contributed by atoms with E-state index >= 15 is 0 Å². The third kappa shape index (κ3) is 4.00. The molecule has 6 rings (SSSR count). The summed E-state index contributed by atoms with van der Waals surface area (Å²) in [6, 6.07) is 30.2. The molecule has 1 aliphatic heterocycles. The van der Waals surface area contributed by atoms with Crippen LogP contribution in [0.3, 0.4) is 0 Å². The Hall–Kier alpha value is -4.58. The van der Waals surface area contributed by atoms with Crippen LogP contribution in [0.25, 0.3) is 11.5 Å². The number of aryl methyl sites for hydroxylation is 3. The van der Waals surface area contributed by atoms with Gasteiger partial charge in [-0.05, 0) is 62.2 Å². The number of amides is 2. The van der Waals surface area contributed by atoms with Gasteiger partial charge in [-0.1, -0.05) is 66.2 Å². The van der Waals surface area contributed by atoms with E-state index in [1.807, 2.05) is 78.0 Å². The van der Waals surface area contributed by atoms with E-state index in [0.717, 1.165) is 45.3 Å². The number of nitrogens with one attached hydrogen (secondary N) is 1. The molecule has 0 radical (unpaired) electrons. The van der Waals surface area contributed by atoms with Crippen molar-refractivity contribution in [2.75, 3.05) is 5.32 Å². The van der Waals surface area contributed by atoms with Gasteiger partial charge in [0.05, 0.1) is 29.7 Å². The van der Waals surface area contributed by atoms with Crippen molar-refractivity contribution in [3.63, 3.8) is 0 Å². The van der Waals surface area contributed by atoms with Crippen LogP contribution in [-0.4, -0.2) is 25.3 Å². The zero-order valence-corrected chi connectivity index (χ0v) is 21.2. The SMILES string of the molecule is Cc1ccc(NC(=O)N2Cc3c(C)nn(-c4ccccc4)c3-n3cccc3[C@H]2c2ccccc2)c(C)c1. The Labute approximate surface area is 216 Å². The zero-order chi connectivity index (χ0) is 25.5. The predicted molar refractivity (Wildman–Crippen MR) is 146 cm³/mol. The first-order chi connectivity index (χ1) is 18.0. The minimum Gasteiger partial charge on any atom is -0.308 e. The second-order valence-corrected chi connectivity index (χ2v) is 9.63. The maximum absolute atomic E-state index is 14.0. The van der Waals surface area contributed by atoms with Gasteiger partial charge in [-0.25, -0.2) is 9.48 Å². The highest BCUT2D eigenvalue weighted by Gasteiger charge is 2.36. The number of anilines is 1. The fourth-order valence-corrected chi connectivity index (χ4v) is 5.28. The molecule has 2 aromatic heterocycles. The molecule has 184 valence electrons. The average Bonchev–Trinajstić information content (AvgIpc) is 3.47. The first kappa shape index (κ1) is 22.9. The van der Waals surface area contributed by atoms with Gasteiger partial charge in [-0.3, -0.25) is 0 Å².